The summed E-state index contributed by atoms with van der Waals surface area (Å²) in [4.78, 5) is 15.7. The van der Waals surface area contributed by atoms with Gasteiger partial charge in [0, 0.05) is 11.9 Å². The molecule has 0 radical (unpaired) electrons. The summed E-state index contributed by atoms with van der Waals surface area (Å²) in [5.41, 5.74) is 0.176. The van der Waals surface area contributed by atoms with Crippen molar-refractivity contribution in [2.24, 2.45) is 0 Å². The normalized spacial score (nSPS) is 11.5. The number of aromatic nitrogens is 1. The molecular formula is C16H13ClF3NO2. The summed E-state index contributed by atoms with van der Waals surface area (Å²) in [5, 5.41) is 0.474. The van der Waals surface area contributed by atoms with E-state index in [0.29, 0.717) is 16.3 Å². The van der Waals surface area contributed by atoms with Crippen molar-refractivity contribution in [3.8, 4) is 0 Å². The summed E-state index contributed by atoms with van der Waals surface area (Å²) in [5.74, 6) is -0.216. The molecule has 0 N–H and O–H groups in total. The van der Waals surface area contributed by atoms with Crippen LogP contribution < -0.4 is 0 Å². The minimum Gasteiger partial charge on any atom is -0.369 e. The molecule has 0 saturated carbocycles. The van der Waals surface area contributed by atoms with Crippen LogP contribution >= 0.6 is 11.6 Å². The molecule has 1 heterocycles. The highest BCUT2D eigenvalue weighted by Crippen LogP contribution is 2.29. The van der Waals surface area contributed by atoms with Crippen molar-refractivity contribution < 1.29 is 22.7 Å². The van der Waals surface area contributed by atoms with Gasteiger partial charge in [-0.15, -0.1) is 0 Å². The summed E-state index contributed by atoms with van der Waals surface area (Å²) < 4.78 is 42.9. The lowest BCUT2D eigenvalue weighted by atomic mass is 10.1. The summed E-state index contributed by atoms with van der Waals surface area (Å²) >= 11 is 5.69. The third-order valence-corrected chi connectivity index (χ3v) is 3.18. The maximum atomic E-state index is 12.6. The number of rotatable bonds is 6. The van der Waals surface area contributed by atoms with Crippen LogP contribution in [0.3, 0.4) is 0 Å². The number of benzene rings is 1. The second-order valence-corrected chi connectivity index (χ2v) is 5.31. The third-order valence-electron chi connectivity index (χ3n) is 2.95. The Balaban J connectivity index is 1.82. The SMILES string of the molecule is O=C(COCc1cccc(C(F)(F)F)c1)Cc1ccc(Cl)cn1. The summed E-state index contributed by atoms with van der Waals surface area (Å²) in [6.07, 6.45) is -2.88. The number of carbonyl (C=O) groups is 1. The van der Waals surface area contributed by atoms with Crippen LogP contribution in [0.15, 0.2) is 42.6 Å². The highest BCUT2D eigenvalue weighted by molar-refractivity contribution is 6.30. The van der Waals surface area contributed by atoms with E-state index in [1.165, 1.54) is 18.3 Å². The molecular weight excluding hydrogens is 331 g/mol. The number of halogens is 4. The number of hydrogen-bond acceptors (Lipinski definition) is 3. The monoisotopic (exact) mass is 343 g/mol. The largest absolute Gasteiger partial charge is 0.416 e. The van der Waals surface area contributed by atoms with Crippen LogP contribution in [0, 0.1) is 0 Å². The molecule has 0 amide bonds. The van der Waals surface area contributed by atoms with Crippen LogP contribution in [0.2, 0.25) is 5.02 Å². The van der Waals surface area contributed by atoms with Gasteiger partial charge in [-0.25, -0.2) is 0 Å². The lowest BCUT2D eigenvalue weighted by Crippen LogP contribution is -2.12. The van der Waals surface area contributed by atoms with Crippen molar-refractivity contribution in [2.75, 3.05) is 6.61 Å². The molecule has 0 atom stereocenters. The highest BCUT2D eigenvalue weighted by atomic mass is 35.5. The Morgan fingerprint density at radius 2 is 2.00 bits per heavy atom. The van der Waals surface area contributed by atoms with Gasteiger partial charge in [0.1, 0.15) is 6.61 Å². The zero-order chi connectivity index (χ0) is 16.9. The fourth-order valence-corrected chi connectivity index (χ4v) is 2.00. The maximum Gasteiger partial charge on any atom is 0.416 e. The smallest absolute Gasteiger partial charge is 0.369 e. The van der Waals surface area contributed by atoms with Crippen LogP contribution in [0.5, 0.6) is 0 Å². The molecule has 1 aromatic heterocycles. The topological polar surface area (TPSA) is 39.2 Å². The van der Waals surface area contributed by atoms with Gasteiger partial charge in [0.25, 0.3) is 0 Å². The Bertz CT molecular complexity index is 672. The number of ketones is 1. The minimum atomic E-state index is -4.40. The number of pyridine rings is 1. The maximum absolute atomic E-state index is 12.6. The molecule has 0 fully saturated rings. The first-order chi connectivity index (χ1) is 10.8. The number of nitrogens with zero attached hydrogens (tertiary/aromatic N) is 1. The molecule has 0 bridgehead atoms. The van der Waals surface area contributed by atoms with Gasteiger partial charge in [0.2, 0.25) is 0 Å². The first-order valence-electron chi connectivity index (χ1n) is 6.70. The van der Waals surface area contributed by atoms with Crippen LogP contribution in [0.1, 0.15) is 16.8 Å². The Kier molecular flexibility index (Phi) is 5.74. The number of carbonyl (C=O) groups excluding carboxylic acids is 1. The van der Waals surface area contributed by atoms with Crippen molar-refractivity contribution in [1.82, 2.24) is 4.98 Å². The first kappa shape index (κ1) is 17.4. The van der Waals surface area contributed by atoms with E-state index in [0.717, 1.165) is 12.1 Å². The van der Waals surface area contributed by atoms with Crippen LogP contribution in [0.4, 0.5) is 13.2 Å². The number of alkyl halides is 3. The predicted octanol–water partition coefficient (Wildman–Crippen LogP) is 4.08. The average molecular weight is 344 g/mol. The predicted molar refractivity (Wildman–Crippen MR) is 79.1 cm³/mol. The molecule has 0 aliphatic carbocycles. The van der Waals surface area contributed by atoms with E-state index in [1.54, 1.807) is 12.1 Å². The minimum absolute atomic E-state index is 0.0658. The number of Topliss-reactive ketones (excluding diaryl/α,β-unsaturated/α-hetero) is 1. The molecule has 2 rings (SSSR count). The third kappa shape index (κ3) is 5.65. The molecule has 7 heteroatoms. The van der Waals surface area contributed by atoms with E-state index in [1.807, 2.05) is 0 Å². The van der Waals surface area contributed by atoms with Crippen LogP contribution in [0.25, 0.3) is 0 Å². The fraction of sp³-hybridized carbons (Fsp3) is 0.250. The molecule has 0 saturated heterocycles. The highest BCUT2D eigenvalue weighted by Gasteiger charge is 2.30. The molecule has 0 aliphatic rings. The summed E-state index contributed by atoms with van der Waals surface area (Å²) in [6, 6.07) is 8.07. The van der Waals surface area contributed by atoms with Crippen LogP contribution in [-0.4, -0.2) is 17.4 Å². The molecule has 0 unspecified atom stereocenters. The van der Waals surface area contributed by atoms with Gasteiger partial charge in [-0.05, 0) is 29.8 Å². The molecule has 1 aromatic carbocycles. The quantitative estimate of drug-likeness (QED) is 0.793. The van der Waals surface area contributed by atoms with Gasteiger partial charge in [-0.1, -0.05) is 23.7 Å². The van der Waals surface area contributed by atoms with Crippen molar-refractivity contribution in [3.63, 3.8) is 0 Å². The summed E-state index contributed by atoms with van der Waals surface area (Å²) in [7, 11) is 0. The van der Waals surface area contributed by atoms with Crippen LogP contribution in [-0.2, 0) is 28.7 Å². The summed E-state index contributed by atoms with van der Waals surface area (Å²) in [6.45, 7) is -0.260. The number of hydrogen-bond donors (Lipinski definition) is 0. The zero-order valence-electron chi connectivity index (χ0n) is 11.9. The van der Waals surface area contributed by atoms with E-state index < -0.39 is 11.7 Å². The lowest BCUT2D eigenvalue weighted by molar-refractivity contribution is -0.137. The van der Waals surface area contributed by atoms with Gasteiger partial charge in [0.05, 0.1) is 23.6 Å². The standard InChI is InChI=1S/C16H13ClF3NO2/c17-13-4-5-14(21-8-13)7-15(22)10-23-9-11-2-1-3-12(6-11)16(18,19)20/h1-6,8H,7,9-10H2. The van der Waals surface area contributed by atoms with E-state index in [9.17, 15) is 18.0 Å². The molecule has 0 aliphatic heterocycles. The van der Waals surface area contributed by atoms with Crippen molar-refractivity contribution in [1.29, 1.82) is 0 Å². The molecule has 122 valence electrons. The second-order valence-electron chi connectivity index (χ2n) is 4.87. The molecule has 0 spiro atoms. The molecule has 3 nitrogen and oxygen atoms in total. The van der Waals surface area contributed by atoms with Crippen molar-refractivity contribution in [3.05, 3.63) is 64.4 Å². The van der Waals surface area contributed by atoms with Crippen molar-refractivity contribution >= 4 is 17.4 Å². The van der Waals surface area contributed by atoms with E-state index in [-0.39, 0.29) is 25.4 Å². The second kappa shape index (κ2) is 7.57. The fourth-order valence-electron chi connectivity index (χ4n) is 1.88. The van der Waals surface area contributed by atoms with Gasteiger partial charge < -0.3 is 4.74 Å². The Labute approximate surface area is 136 Å². The van der Waals surface area contributed by atoms with E-state index in [4.69, 9.17) is 16.3 Å². The van der Waals surface area contributed by atoms with E-state index in [2.05, 4.69) is 4.98 Å². The van der Waals surface area contributed by atoms with Gasteiger partial charge in [-0.3, -0.25) is 9.78 Å². The lowest BCUT2D eigenvalue weighted by Gasteiger charge is -2.09. The van der Waals surface area contributed by atoms with Gasteiger partial charge in [-0.2, -0.15) is 13.2 Å². The van der Waals surface area contributed by atoms with Gasteiger partial charge >= 0.3 is 6.18 Å². The Morgan fingerprint density at radius 1 is 1.22 bits per heavy atom. The number of ether oxygens (including phenoxy) is 1. The van der Waals surface area contributed by atoms with E-state index >= 15 is 0 Å². The average Bonchev–Trinajstić information content (AvgIpc) is 2.49. The van der Waals surface area contributed by atoms with Crippen molar-refractivity contribution in [2.45, 2.75) is 19.2 Å². The Hall–Kier alpha value is -1.92. The molecule has 2 aromatic rings. The molecule has 23 heavy (non-hydrogen) atoms. The first-order valence-corrected chi connectivity index (χ1v) is 7.08. The van der Waals surface area contributed by atoms with Gasteiger partial charge in [0.15, 0.2) is 5.78 Å². The zero-order valence-corrected chi connectivity index (χ0v) is 12.7. The Morgan fingerprint density at radius 3 is 2.65 bits per heavy atom.